The Kier molecular flexibility index (Phi) is 4.97. The van der Waals surface area contributed by atoms with E-state index < -0.39 is 0 Å². The van der Waals surface area contributed by atoms with Crippen molar-refractivity contribution in [3.8, 4) is 0 Å². The van der Waals surface area contributed by atoms with Crippen LogP contribution in [0.3, 0.4) is 0 Å². The highest BCUT2D eigenvalue weighted by Gasteiger charge is 2.38. The van der Waals surface area contributed by atoms with Gasteiger partial charge in [0.15, 0.2) is 0 Å². The van der Waals surface area contributed by atoms with Gasteiger partial charge in [-0.1, -0.05) is 50.5 Å². The second-order valence-electron chi connectivity index (χ2n) is 6.79. The predicted octanol–water partition coefficient (Wildman–Crippen LogP) is 4.22. The van der Waals surface area contributed by atoms with E-state index in [4.69, 9.17) is 4.74 Å². The van der Waals surface area contributed by atoms with Gasteiger partial charge in [-0.25, -0.2) is 0 Å². The highest BCUT2D eigenvalue weighted by atomic mass is 16.5. The van der Waals surface area contributed by atoms with Gasteiger partial charge in [-0.2, -0.15) is 0 Å². The average Bonchev–Trinajstić information content (AvgIpc) is 2.54. The first kappa shape index (κ1) is 15.1. The van der Waals surface area contributed by atoms with E-state index in [1.165, 1.54) is 49.7 Å². The highest BCUT2D eigenvalue weighted by Crippen LogP contribution is 2.38. The quantitative estimate of drug-likeness (QED) is 0.895. The van der Waals surface area contributed by atoms with Crippen LogP contribution in [0.5, 0.6) is 0 Å². The summed E-state index contributed by atoms with van der Waals surface area (Å²) in [6.45, 7) is 4.18. The van der Waals surface area contributed by atoms with Gasteiger partial charge in [0.05, 0.1) is 5.60 Å². The summed E-state index contributed by atoms with van der Waals surface area (Å²) in [5.74, 6) is 0. The van der Waals surface area contributed by atoms with Crippen molar-refractivity contribution in [2.75, 3.05) is 6.61 Å². The minimum absolute atomic E-state index is 0.207. The van der Waals surface area contributed by atoms with Gasteiger partial charge >= 0.3 is 0 Å². The largest absolute Gasteiger partial charge is 0.375 e. The zero-order chi connectivity index (χ0) is 14.5. The maximum absolute atomic E-state index is 6.19. The Hall–Kier alpha value is -0.860. The lowest BCUT2D eigenvalue weighted by molar-refractivity contribution is -0.109. The van der Waals surface area contributed by atoms with Crippen molar-refractivity contribution in [2.45, 2.75) is 76.5 Å². The van der Waals surface area contributed by atoms with Gasteiger partial charge < -0.3 is 10.1 Å². The summed E-state index contributed by atoms with van der Waals surface area (Å²) < 4.78 is 6.19. The Balaban J connectivity index is 1.57. The molecule has 1 aliphatic carbocycles. The first-order valence-corrected chi connectivity index (χ1v) is 8.75. The molecule has 1 N–H and O–H groups in total. The monoisotopic (exact) mass is 287 g/mol. The summed E-state index contributed by atoms with van der Waals surface area (Å²) in [6.07, 6.45) is 10.1. The van der Waals surface area contributed by atoms with Crippen molar-refractivity contribution >= 4 is 0 Å². The molecule has 2 nitrogen and oxygen atoms in total. The van der Waals surface area contributed by atoms with Crippen LogP contribution >= 0.6 is 0 Å². The maximum atomic E-state index is 6.19. The Morgan fingerprint density at radius 1 is 1.14 bits per heavy atom. The Labute approximate surface area is 129 Å². The van der Waals surface area contributed by atoms with E-state index in [0.717, 1.165) is 26.0 Å². The van der Waals surface area contributed by atoms with Crippen LogP contribution in [0.4, 0.5) is 0 Å². The number of aryl methyl sites for hydroxylation is 1. The Bertz CT molecular complexity index is 445. The van der Waals surface area contributed by atoms with Gasteiger partial charge in [0.2, 0.25) is 0 Å². The molecule has 1 aliphatic heterocycles. The zero-order valence-electron chi connectivity index (χ0n) is 13.4. The van der Waals surface area contributed by atoms with Gasteiger partial charge in [0.1, 0.15) is 0 Å². The smallest absolute Gasteiger partial charge is 0.0697 e. The molecule has 1 saturated heterocycles. The Morgan fingerprint density at radius 3 is 2.67 bits per heavy atom. The van der Waals surface area contributed by atoms with Crippen LogP contribution in [-0.2, 0) is 17.7 Å². The summed E-state index contributed by atoms with van der Waals surface area (Å²) in [4.78, 5) is 0. The van der Waals surface area contributed by atoms with Crippen LogP contribution in [0.1, 0.15) is 63.0 Å². The number of hydrogen-bond acceptors (Lipinski definition) is 2. The minimum Gasteiger partial charge on any atom is -0.375 e. The van der Waals surface area contributed by atoms with Crippen molar-refractivity contribution in [1.29, 1.82) is 0 Å². The highest BCUT2D eigenvalue weighted by molar-refractivity contribution is 5.26. The normalized spacial score (nSPS) is 25.1. The molecule has 21 heavy (non-hydrogen) atoms. The number of benzene rings is 1. The summed E-state index contributed by atoms with van der Waals surface area (Å²) >= 11 is 0. The fourth-order valence-corrected chi connectivity index (χ4v) is 4.08. The second-order valence-corrected chi connectivity index (χ2v) is 6.79. The molecular formula is C19H29NO. The molecule has 2 heteroatoms. The van der Waals surface area contributed by atoms with E-state index in [9.17, 15) is 0 Å². The molecular weight excluding hydrogens is 258 g/mol. The molecule has 2 fully saturated rings. The van der Waals surface area contributed by atoms with Crippen LogP contribution in [0.15, 0.2) is 24.3 Å². The Morgan fingerprint density at radius 2 is 1.90 bits per heavy atom. The molecule has 0 amide bonds. The molecule has 1 atom stereocenters. The minimum atomic E-state index is 0.207. The number of hydrogen-bond donors (Lipinski definition) is 1. The molecule has 3 rings (SSSR count). The summed E-state index contributed by atoms with van der Waals surface area (Å²) in [5, 5.41) is 3.80. The van der Waals surface area contributed by atoms with Crippen LogP contribution < -0.4 is 5.32 Å². The number of ether oxygens (including phenoxy) is 1. The fourth-order valence-electron chi connectivity index (χ4n) is 4.08. The van der Waals surface area contributed by atoms with Crippen molar-refractivity contribution in [3.63, 3.8) is 0 Å². The maximum Gasteiger partial charge on any atom is 0.0697 e. The first-order chi connectivity index (χ1) is 10.3. The van der Waals surface area contributed by atoms with Gasteiger partial charge in [-0.3, -0.25) is 0 Å². The molecule has 1 saturated carbocycles. The molecule has 1 heterocycles. The van der Waals surface area contributed by atoms with Crippen molar-refractivity contribution in [3.05, 3.63) is 35.4 Å². The van der Waals surface area contributed by atoms with Gasteiger partial charge in [0, 0.05) is 19.2 Å². The van der Waals surface area contributed by atoms with Crippen molar-refractivity contribution in [1.82, 2.24) is 5.32 Å². The van der Waals surface area contributed by atoms with E-state index in [1.54, 1.807) is 0 Å². The first-order valence-electron chi connectivity index (χ1n) is 8.75. The van der Waals surface area contributed by atoms with Gasteiger partial charge in [-0.15, -0.1) is 0 Å². The number of nitrogens with one attached hydrogen (secondary N) is 1. The lowest BCUT2D eigenvalue weighted by atomic mass is 9.78. The van der Waals surface area contributed by atoms with Crippen molar-refractivity contribution in [2.24, 2.45) is 0 Å². The molecule has 2 aliphatic rings. The zero-order valence-corrected chi connectivity index (χ0v) is 13.4. The van der Waals surface area contributed by atoms with E-state index in [2.05, 4.69) is 36.5 Å². The molecule has 0 radical (unpaired) electrons. The average molecular weight is 287 g/mol. The molecule has 1 aromatic carbocycles. The van der Waals surface area contributed by atoms with E-state index >= 15 is 0 Å². The fraction of sp³-hybridized carbons (Fsp3) is 0.684. The van der Waals surface area contributed by atoms with Crippen LogP contribution in [-0.4, -0.2) is 18.2 Å². The summed E-state index contributed by atoms with van der Waals surface area (Å²) in [7, 11) is 0. The van der Waals surface area contributed by atoms with E-state index in [1.807, 2.05) is 0 Å². The second kappa shape index (κ2) is 6.93. The van der Waals surface area contributed by atoms with Crippen LogP contribution in [0, 0.1) is 0 Å². The van der Waals surface area contributed by atoms with Crippen molar-refractivity contribution < 1.29 is 4.74 Å². The molecule has 0 bridgehead atoms. The summed E-state index contributed by atoms with van der Waals surface area (Å²) in [5.41, 5.74) is 3.15. The molecule has 1 aromatic rings. The molecule has 1 unspecified atom stereocenters. The van der Waals surface area contributed by atoms with Crippen LogP contribution in [0.25, 0.3) is 0 Å². The van der Waals surface area contributed by atoms with E-state index in [-0.39, 0.29) is 5.60 Å². The third-order valence-corrected chi connectivity index (χ3v) is 5.34. The number of rotatable bonds is 4. The lowest BCUT2D eigenvalue weighted by Crippen LogP contribution is -2.47. The third kappa shape index (κ3) is 3.67. The molecule has 116 valence electrons. The summed E-state index contributed by atoms with van der Waals surface area (Å²) in [6, 6.07) is 9.45. The van der Waals surface area contributed by atoms with E-state index in [0.29, 0.717) is 6.04 Å². The van der Waals surface area contributed by atoms with Gasteiger partial charge in [0.25, 0.3) is 0 Å². The predicted molar refractivity (Wildman–Crippen MR) is 87.4 cm³/mol. The van der Waals surface area contributed by atoms with Crippen LogP contribution in [0.2, 0.25) is 0 Å². The van der Waals surface area contributed by atoms with Gasteiger partial charge in [-0.05, 0) is 43.2 Å². The molecule has 1 spiro atoms. The third-order valence-electron chi connectivity index (χ3n) is 5.34. The SMILES string of the molecule is CCc1ccccc1CNC1CCOC2(CCCCC2)C1. The topological polar surface area (TPSA) is 21.3 Å². The standard InChI is InChI=1S/C19H29NO/c1-2-16-8-4-5-9-17(16)15-20-18-10-13-21-19(14-18)11-6-3-7-12-19/h4-5,8-9,18,20H,2-3,6-7,10-15H2,1H3. The lowest BCUT2D eigenvalue weighted by Gasteiger charge is -2.43. The molecule has 0 aromatic heterocycles.